The van der Waals surface area contributed by atoms with Gasteiger partial charge in [0.2, 0.25) is 0 Å². The summed E-state index contributed by atoms with van der Waals surface area (Å²) in [5.74, 6) is 1.62. The number of hydrogen-bond acceptors (Lipinski definition) is 3. The van der Waals surface area contributed by atoms with Crippen LogP contribution in [0.3, 0.4) is 0 Å². The molecular formula is C14H22N2O. The molecule has 0 spiro atoms. The molecule has 1 heterocycles. The predicted molar refractivity (Wildman–Crippen MR) is 71.8 cm³/mol. The van der Waals surface area contributed by atoms with Gasteiger partial charge in [-0.15, -0.1) is 0 Å². The molecule has 94 valence electrons. The molecule has 3 heteroatoms. The quantitative estimate of drug-likeness (QED) is 0.867. The fourth-order valence-electron chi connectivity index (χ4n) is 2.68. The third-order valence-corrected chi connectivity index (χ3v) is 3.70. The molecule has 1 aromatic rings. The zero-order chi connectivity index (χ0) is 12.3. The minimum atomic E-state index is 0.590. The largest absolute Gasteiger partial charge is 0.495 e. The zero-order valence-electron chi connectivity index (χ0n) is 10.9. The molecule has 17 heavy (non-hydrogen) atoms. The summed E-state index contributed by atoms with van der Waals surface area (Å²) in [6.07, 6.45) is 1.19. The van der Waals surface area contributed by atoms with Gasteiger partial charge in [0.25, 0.3) is 0 Å². The van der Waals surface area contributed by atoms with Crippen LogP contribution in [-0.2, 0) is 0 Å². The Morgan fingerprint density at radius 1 is 1.35 bits per heavy atom. The van der Waals surface area contributed by atoms with Gasteiger partial charge in [0.15, 0.2) is 0 Å². The van der Waals surface area contributed by atoms with Gasteiger partial charge in [-0.2, -0.15) is 0 Å². The Bertz CT molecular complexity index is 367. The molecular weight excluding hydrogens is 212 g/mol. The molecule has 1 saturated heterocycles. The summed E-state index contributed by atoms with van der Waals surface area (Å²) < 4.78 is 5.44. The third-order valence-electron chi connectivity index (χ3n) is 3.70. The van der Waals surface area contributed by atoms with Gasteiger partial charge >= 0.3 is 0 Å². The first kappa shape index (κ1) is 12.2. The molecule has 0 aliphatic carbocycles. The Kier molecular flexibility index (Phi) is 3.89. The normalized spacial score (nSPS) is 24.4. The van der Waals surface area contributed by atoms with Gasteiger partial charge in [-0.05, 0) is 37.6 Å². The number of nitrogens with zero attached hydrogens (tertiary/aromatic N) is 1. The van der Waals surface area contributed by atoms with E-state index in [1.54, 1.807) is 7.11 Å². The van der Waals surface area contributed by atoms with Crippen molar-refractivity contribution in [2.24, 2.45) is 5.92 Å². The fraction of sp³-hybridized carbons (Fsp3) is 0.571. The average molecular weight is 234 g/mol. The standard InChI is InChI=1S/C14H22N2O/c1-11-10-15-9-8-12(11)16(2)13-6-4-5-7-14(13)17-3/h4-7,11-12,15H,8-10H2,1-3H3. The van der Waals surface area contributed by atoms with Gasteiger partial charge in [0.05, 0.1) is 12.8 Å². The number of hydrogen-bond donors (Lipinski definition) is 1. The van der Waals surface area contributed by atoms with E-state index in [-0.39, 0.29) is 0 Å². The van der Waals surface area contributed by atoms with Gasteiger partial charge in [-0.3, -0.25) is 0 Å². The maximum absolute atomic E-state index is 5.44. The molecule has 0 bridgehead atoms. The molecule has 0 saturated carbocycles. The summed E-state index contributed by atoms with van der Waals surface area (Å²) in [6.45, 7) is 4.52. The van der Waals surface area contributed by atoms with E-state index in [9.17, 15) is 0 Å². The number of para-hydroxylation sites is 2. The minimum Gasteiger partial charge on any atom is -0.495 e. The van der Waals surface area contributed by atoms with Crippen molar-refractivity contribution in [1.29, 1.82) is 0 Å². The van der Waals surface area contributed by atoms with Crippen LogP contribution in [0.4, 0.5) is 5.69 Å². The molecule has 1 N–H and O–H groups in total. The molecule has 1 aromatic carbocycles. The monoisotopic (exact) mass is 234 g/mol. The van der Waals surface area contributed by atoms with Crippen LogP contribution in [0.2, 0.25) is 0 Å². The first-order valence-corrected chi connectivity index (χ1v) is 6.30. The number of methoxy groups -OCH3 is 1. The van der Waals surface area contributed by atoms with Gasteiger partial charge < -0.3 is 15.0 Å². The van der Waals surface area contributed by atoms with E-state index < -0.39 is 0 Å². The van der Waals surface area contributed by atoms with Crippen molar-refractivity contribution in [3.63, 3.8) is 0 Å². The van der Waals surface area contributed by atoms with Crippen molar-refractivity contribution in [2.75, 3.05) is 32.1 Å². The highest BCUT2D eigenvalue weighted by atomic mass is 16.5. The highest BCUT2D eigenvalue weighted by Gasteiger charge is 2.26. The number of benzene rings is 1. The summed E-state index contributed by atoms with van der Waals surface area (Å²) in [6, 6.07) is 8.83. The maximum atomic E-state index is 5.44. The number of rotatable bonds is 3. The van der Waals surface area contributed by atoms with Gasteiger partial charge in [0.1, 0.15) is 5.75 Å². The first-order chi connectivity index (χ1) is 8.24. The number of anilines is 1. The Hall–Kier alpha value is -1.22. The Morgan fingerprint density at radius 3 is 2.82 bits per heavy atom. The molecule has 2 unspecified atom stereocenters. The summed E-state index contributed by atoms with van der Waals surface area (Å²) in [4.78, 5) is 2.37. The van der Waals surface area contributed by atoms with Crippen molar-refractivity contribution in [2.45, 2.75) is 19.4 Å². The predicted octanol–water partition coefficient (Wildman–Crippen LogP) is 2.13. The maximum Gasteiger partial charge on any atom is 0.142 e. The second kappa shape index (κ2) is 5.41. The van der Waals surface area contributed by atoms with E-state index >= 15 is 0 Å². The summed E-state index contributed by atoms with van der Waals surface area (Å²) >= 11 is 0. The molecule has 0 amide bonds. The molecule has 2 atom stereocenters. The van der Waals surface area contributed by atoms with Crippen LogP contribution < -0.4 is 15.0 Å². The Morgan fingerprint density at radius 2 is 2.12 bits per heavy atom. The van der Waals surface area contributed by atoms with Crippen LogP contribution in [-0.4, -0.2) is 33.3 Å². The van der Waals surface area contributed by atoms with Gasteiger partial charge in [-0.25, -0.2) is 0 Å². The van der Waals surface area contributed by atoms with Crippen LogP contribution in [0, 0.1) is 5.92 Å². The van der Waals surface area contributed by atoms with Crippen molar-refractivity contribution in [1.82, 2.24) is 5.32 Å². The second-order valence-corrected chi connectivity index (χ2v) is 4.82. The lowest BCUT2D eigenvalue weighted by Crippen LogP contribution is -2.47. The van der Waals surface area contributed by atoms with Crippen LogP contribution in [0.15, 0.2) is 24.3 Å². The zero-order valence-corrected chi connectivity index (χ0v) is 10.9. The lowest BCUT2D eigenvalue weighted by Gasteiger charge is -2.38. The van der Waals surface area contributed by atoms with Crippen molar-refractivity contribution in [3.8, 4) is 5.75 Å². The topological polar surface area (TPSA) is 24.5 Å². The molecule has 1 aliphatic heterocycles. The highest BCUT2D eigenvalue weighted by Crippen LogP contribution is 2.31. The fourth-order valence-corrected chi connectivity index (χ4v) is 2.68. The molecule has 3 nitrogen and oxygen atoms in total. The van der Waals surface area contributed by atoms with Crippen LogP contribution in [0.1, 0.15) is 13.3 Å². The SMILES string of the molecule is COc1ccccc1N(C)C1CCNCC1C. The average Bonchev–Trinajstić information content (AvgIpc) is 2.38. The van der Waals surface area contributed by atoms with Crippen molar-refractivity contribution < 1.29 is 4.74 Å². The molecule has 1 fully saturated rings. The Balaban J connectivity index is 2.20. The number of piperidine rings is 1. The second-order valence-electron chi connectivity index (χ2n) is 4.82. The van der Waals surface area contributed by atoms with E-state index in [4.69, 9.17) is 4.74 Å². The van der Waals surface area contributed by atoms with Crippen LogP contribution in [0.25, 0.3) is 0 Å². The van der Waals surface area contributed by atoms with Crippen molar-refractivity contribution >= 4 is 5.69 Å². The van der Waals surface area contributed by atoms with Crippen LogP contribution in [0.5, 0.6) is 5.75 Å². The molecule has 2 rings (SSSR count). The van der Waals surface area contributed by atoms with E-state index in [0.29, 0.717) is 12.0 Å². The third kappa shape index (κ3) is 2.55. The Labute approximate surface area is 104 Å². The number of nitrogens with one attached hydrogen (secondary N) is 1. The lowest BCUT2D eigenvalue weighted by atomic mass is 9.93. The molecule has 0 aromatic heterocycles. The lowest BCUT2D eigenvalue weighted by molar-refractivity contribution is 0.336. The minimum absolute atomic E-state index is 0.590. The smallest absolute Gasteiger partial charge is 0.142 e. The highest BCUT2D eigenvalue weighted by molar-refractivity contribution is 5.58. The summed E-state index contributed by atoms with van der Waals surface area (Å²) in [7, 11) is 3.91. The van der Waals surface area contributed by atoms with E-state index in [2.05, 4.69) is 36.3 Å². The summed E-state index contributed by atoms with van der Waals surface area (Å²) in [5, 5.41) is 3.44. The van der Waals surface area contributed by atoms with Gasteiger partial charge in [-0.1, -0.05) is 19.1 Å². The van der Waals surface area contributed by atoms with E-state index in [1.165, 1.54) is 12.1 Å². The number of ether oxygens (including phenoxy) is 1. The van der Waals surface area contributed by atoms with E-state index in [0.717, 1.165) is 18.8 Å². The summed E-state index contributed by atoms with van der Waals surface area (Å²) in [5.41, 5.74) is 1.19. The van der Waals surface area contributed by atoms with Crippen molar-refractivity contribution in [3.05, 3.63) is 24.3 Å². The van der Waals surface area contributed by atoms with Crippen LogP contribution >= 0.6 is 0 Å². The first-order valence-electron chi connectivity index (χ1n) is 6.30. The van der Waals surface area contributed by atoms with E-state index in [1.807, 2.05) is 12.1 Å². The molecule has 0 radical (unpaired) electrons. The van der Waals surface area contributed by atoms with Gasteiger partial charge in [0, 0.05) is 13.1 Å². The molecule has 1 aliphatic rings.